The van der Waals surface area contributed by atoms with Crippen LogP contribution in [0.15, 0.2) is 35.3 Å². The molecular formula is C20H34IN5O3. The molecule has 0 atom stereocenters. The van der Waals surface area contributed by atoms with Crippen LogP contribution in [0.4, 0.5) is 4.79 Å². The monoisotopic (exact) mass is 519 g/mol. The van der Waals surface area contributed by atoms with Crippen molar-refractivity contribution in [3.63, 3.8) is 0 Å². The number of hydrogen-bond acceptors (Lipinski definition) is 4. The number of halogens is 1. The van der Waals surface area contributed by atoms with Crippen molar-refractivity contribution < 1.29 is 14.3 Å². The summed E-state index contributed by atoms with van der Waals surface area (Å²) in [6, 6.07) is 9.87. The Balaban J connectivity index is 0.00000784. The molecule has 0 aliphatic heterocycles. The minimum atomic E-state index is -0.511. The third kappa shape index (κ3) is 13.7. The van der Waals surface area contributed by atoms with Gasteiger partial charge in [-0.05, 0) is 32.8 Å². The van der Waals surface area contributed by atoms with Crippen molar-refractivity contribution in [3.05, 3.63) is 35.9 Å². The van der Waals surface area contributed by atoms with Gasteiger partial charge in [0.05, 0.1) is 13.1 Å². The zero-order chi connectivity index (χ0) is 21.0. The van der Waals surface area contributed by atoms with Crippen LogP contribution in [0.2, 0.25) is 0 Å². The van der Waals surface area contributed by atoms with E-state index >= 15 is 0 Å². The first-order chi connectivity index (χ1) is 13.2. The van der Waals surface area contributed by atoms with Crippen molar-refractivity contribution in [2.75, 3.05) is 33.7 Å². The number of amides is 2. The molecule has 0 saturated heterocycles. The van der Waals surface area contributed by atoms with Gasteiger partial charge in [-0.2, -0.15) is 0 Å². The molecule has 0 spiro atoms. The summed E-state index contributed by atoms with van der Waals surface area (Å²) in [4.78, 5) is 29.5. The summed E-state index contributed by atoms with van der Waals surface area (Å²) in [7, 11) is 3.42. The molecule has 1 aromatic carbocycles. The van der Waals surface area contributed by atoms with Gasteiger partial charge in [0, 0.05) is 27.2 Å². The number of ether oxygens (including phenoxy) is 1. The molecule has 0 unspecified atom stereocenters. The van der Waals surface area contributed by atoms with E-state index in [1.807, 2.05) is 51.1 Å². The number of carbonyl (C=O) groups is 2. The second-order valence-corrected chi connectivity index (χ2v) is 7.50. The van der Waals surface area contributed by atoms with E-state index in [2.05, 4.69) is 20.9 Å². The number of carbonyl (C=O) groups excluding carboxylic acids is 2. The van der Waals surface area contributed by atoms with E-state index in [0.717, 1.165) is 5.56 Å². The zero-order valence-corrected chi connectivity index (χ0v) is 20.3. The lowest BCUT2D eigenvalue weighted by molar-refractivity contribution is -0.127. The van der Waals surface area contributed by atoms with E-state index in [-0.39, 0.29) is 36.4 Å². The average molecular weight is 519 g/mol. The Morgan fingerprint density at radius 3 is 2.24 bits per heavy atom. The molecule has 1 rings (SSSR count). The van der Waals surface area contributed by atoms with Crippen molar-refractivity contribution >= 4 is 41.9 Å². The molecule has 0 fully saturated rings. The topological polar surface area (TPSA) is 95.1 Å². The lowest BCUT2D eigenvalue weighted by atomic mass is 10.2. The number of nitrogens with zero attached hydrogens (tertiary/aromatic N) is 2. The lowest BCUT2D eigenvalue weighted by Gasteiger charge is -2.19. The van der Waals surface area contributed by atoms with Crippen LogP contribution in [0, 0.1) is 0 Å². The van der Waals surface area contributed by atoms with Crippen molar-refractivity contribution in [2.45, 2.75) is 39.3 Å². The van der Waals surface area contributed by atoms with Gasteiger partial charge in [0.25, 0.3) is 0 Å². The van der Waals surface area contributed by atoms with Crippen molar-refractivity contribution in [1.29, 1.82) is 0 Å². The van der Waals surface area contributed by atoms with Crippen LogP contribution in [0.5, 0.6) is 0 Å². The highest BCUT2D eigenvalue weighted by Gasteiger charge is 2.15. The third-order valence-corrected chi connectivity index (χ3v) is 3.48. The number of rotatable bonds is 8. The molecule has 9 heteroatoms. The number of likely N-dealkylation sites (N-methyl/N-ethyl adjacent to an activating group) is 1. The number of alkyl carbamates (subject to hydrolysis) is 1. The molecule has 0 radical (unpaired) electrons. The SMILES string of the molecule is CN(C)C(=O)CNC(=NCc1ccccc1)NCCCNC(=O)OC(C)(C)C.I. The van der Waals surface area contributed by atoms with Gasteiger partial charge < -0.3 is 25.6 Å². The first-order valence-corrected chi connectivity index (χ1v) is 9.40. The van der Waals surface area contributed by atoms with Gasteiger partial charge in [-0.15, -0.1) is 24.0 Å². The molecule has 0 bridgehead atoms. The molecule has 164 valence electrons. The van der Waals surface area contributed by atoms with Gasteiger partial charge in [-0.25, -0.2) is 9.79 Å². The highest BCUT2D eigenvalue weighted by molar-refractivity contribution is 14.0. The molecule has 29 heavy (non-hydrogen) atoms. The maximum absolute atomic E-state index is 11.8. The smallest absolute Gasteiger partial charge is 0.407 e. The standard InChI is InChI=1S/C20H33N5O3.HI/c1-20(2,3)28-19(27)22-13-9-12-21-18(24-15-17(26)25(4)5)23-14-16-10-7-6-8-11-16;/h6-8,10-11H,9,12-15H2,1-5H3,(H,22,27)(H2,21,23,24);1H. The van der Waals surface area contributed by atoms with E-state index in [9.17, 15) is 9.59 Å². The third-order valence-electron chi connectivity index (χ3n) is 3.48. The Kier molecular flexibility index (Phi) is 13.0. The lowest BCUT2D eigenvalue weighted by Crippen LogP contribution is -2.43. The van der Waals surface area contributed by atoms with Gasteiger partial charge in [0.15, 0.2) is 5.96 Å². The van der Waals surface area contributed by atoms with Crippen LogP contribution in [-0.2, 0) is 16.1 Å². The largest absolute Gasteiger partial charge is 0.444 e. The Labute approximate surface area is 190 Å². The summed E-state index contributed by atoms with van der Waals surface area (Å²) in [6.45, 7) is 7.20. The summed E-state index contributed by atoms with van der Waals surface area (Å²) >= 11 is 0. The molecule has 0 aromatic heterocycles. The van der Waals surface area contributed by atoms with E-state index in [0.29, 0.717) is 32.0 Å². The number of benzene rings is 1. The molecule has 0 aliphatic rings. The molecule has 2 amide bonds. The normalized spacial score (nSPS) is 11.1. The number of aliphatic imine (C=N–C) groups is 1. The second-order valence-electron chi connectivity index (χ2n) is 7.50. The van der Waals surface area contributed by atoms with Gasteiger partial charge in [0.1, 0.15) is 5.60 Å². The van der Waals surface area contributed by atoms with Crippen molar-refractivity contribution in [3.8, 4) is 0 Å². The van der Waals surface area contributed by atoms with Crippen LogP contribution in [0.3, 0.4) is 0 Å². The molecule has 8 nitrogen and oxygen atoms in total. The summed E-state index contributed by atoms with van der Waals surface area (Å²) in [5.41, 5.74) is 0.566. The fraction of sp³-hybridized carbons (Fsp3) is 0.550. The first kappa shape index (κ1) is 27.0. The second kappa shape index (κ2) is 14.0. The number of guanidine groups is 1. The molecular weight excluding hydrogens is 485 g/mol. The fourth-order valence-corrected chi connectivity index (χ4v) is 2.05. The maximum Gasteiger partial charge on any atom is 0.407 e. The first-order valence-electron chi connectivity index (χ1n) is 9.40. The van der Waals surface area contributed by atoms with E-state index < -0.39 is 11.7 Å². The summed E-state index contributed by atoms with van der Waals surface area (Å²) in [6.07, 6.45) is 0.257. The highest BCUT2D eigenvalue weighted by atomic mass is 127. The predicted octanol–water partition coefficient (Wildman–Crippen LogP) is 2.34. The van der Waals surface area contributed by atoms with Crippen LogP contribution in [0.25, 0.3) is 0 Å². The quantitative estimate of drug-likeness (QED) is 0.212. The average Bonchev–Trinajstić information content (AvgIpc) is 2.62. The van der Waals surface area contributed by atoms with E-state index in [4.69, 9.17) is 4.74 Å². The summed E-state index contributed by atoms with van der Waals surface area (Å²) < 4.78 is 5.19. The van der Waals surface area contributed by atoms with Gasteiger partial charge >= 0.3 is 6.09 Å². The fourth-order valence-electron chi connectivity index (χ4n) is 2.05. The van der Waals surface area contributed by atoms with Crippen molar-refractivity contribution in [1.82, 2.24) is 20.9 Å². The Morgan fingerprint density at radius 1 is 1.03 bits per heavy atom. The van der Waals surface area contributed by atoms with Crippen LogP contribution < -0.4 is 16.0 Å². The zero-order valence-electron chi connectivity index (χ0n) is 17.9. The number of nitrogens with one attached hydrogen (secondary N) is 3. The minimum Gasteiger partial charge on any atom is -0.444 e. The van der Waals surface area contributed by atoms with Crippen LogP contribution in [0.1, 0.15) is 32.8 Å². The van der Waals surface area contributed by atoms with Crippen molar-refractivity contribution in [2.24, 2.45) is 4.99 Å². The minimum absolute atomic E-state index is 0. The predicted molar refractivity (Wildman–Crippen MR) is 127 cm³/mol. The molecule has 0 saturated carbocycles. The summed E-state index contributed by atoms with van der Waals surface area (Å²) in [5, 5.41) is 8.93. The maximum atomic E-state index is 11.8. The van der Waals surface area contributed by atoms with Crippen LogP contribution >= 0.6 is 24.0 Å². The highest BCUT2D eigenvalue weighted by Crippen LogP contribution is 2.06. The van der Waals surface area contributed by atoms with E-state index in [1.54, 1.807) is 14.1 Å². The molecule has 1 aromatic rings. The Hall–Kier alpha value is -2.04. The van der Waals surface area contributed by atoms with Gasteiger partial charge in [-0.3, -0.25) is 4.79 Å². The summed E-state index contributed by atoms with van der Waals surface area (Å²) in [5.74, 6) is 0.511. The Morgan fingerprint density at radius 2 is 1.66 bits per heavy atom. The van der Waals surface area contributed by atoms with E-state index in [1.165, 1.54) is 4.90 Å². The Bertz CT molecular complexity index is 645. The van der Waals surface area contributed by atoms with Gasteiger partial charge in [-0.1, -0.05) is 30.3 Å². The van der Waals surface area contributed by atoms with Crippen LogP contribution in [-0.4, -0.2) is 62.2 Å². The molecule has 0 heterocycles. The molecule has 0 aliphatic carbocycles. The molecule has 3 N–H and O–H groups in total. The number of hydrogen-bond donors (Lipinski definition) is 3. The van der Waals surface area contributed by atoms with Gasteiger partial charge in [0.2, 0.25) is 5.91 Å².